The van der Waals surface area contributed by atoms with E-state index in [2.05, 4.69) is 27.1 Å². The Morgan fingerprint density at radius 1 is 1.42 bits per heavy atom. The van der Waals surface area contributed by atoms with Gasteiger partial charge >= 0.3 is 0 Å². The van der Waals surface area contributed by atoms with Gasteiger partial charge in [-0.25, -0.2) is 9.37 Å². The molecule has 0 N–H and O–H groups in total. The molecule has 0 unspecified atom stereocenters. The number of rotatable bonds is 2. The number of nitrogens with zero attached hydrogens (tertiary/aromatic N) is 4. The van der Waals surface area contributed by atoms with Crippen LogP contribution in [0, 0.1) is 5.82 Å². The maximum atomic E-state index is 12.8. The minimum absolute atomic E-state index is 0.278. The fourth-order valence-corrected chi connectivity index (χ4v) is 2.38. The Labute approximate surface area is 110 Å². The first-order valence-corrected chi connectivity index (χ1v) is 6.36. The molecule has 0 radical (unpaired) electrons. The van der Waals surface area contributed by atoms with Crippen LogP contribution >= 0.6 is 0 Å². The highest BCUT2D eigenvalue weighted by Gasteiger charge is 2.24. The van der Waals surface area contributed by atoms with Crippen molar-refractivity contribution in [2.45, 2.75) is 18.8 Å². The molecular weight excluding hydrogens is 247 g/mol. The number of halogens is 1. The first-order valence-electron chi connectivity index (χ1n) is 6.36. The lowest BCUT2D eigenvalue weighted by atomic mass is 9.98. The standard InChI is InChI=1S/C13H15FN4O/c1-18-6-2-3-9(8-18)13-16-12(17-19-13)11-5-4-10(14)7-15-11/h4-5,7,9H,2-3,6,8H2,1H3/t9-/m0/s1. The molecule has 0 amide bonds. The molecule has 0 aromatic carbocycles. The molecule has 1 aliphatic heterocycles. The highest BCUT2D eigenvalue weighted by Crippen LogP contribution is 2.26. The summed E-state index contributed by atoms with van der Waals surface area (Å²) >= 11 is 0. The topological polar surface area (TPSA) is 55.1 Å². The molecule has 6 heteroatoms. The van der Waals surface area contributed by atoms with E-state index in [1.54, 1.807) is 6.07 Å². The van der Waals surface area contributed by atoms with Crippen molar-refractivity contribution in [3.63, 3.8) is 0 Å². The molecule has 0 spiro atoms. The van der Waals surface area contributed by atoms with Crippen molar-refractivity contribution in [3.05, 3.63) is 30.0 Å². The number of hydrogen-bond acceptors (Lipinski definition) is 5. The monoisotopic (exact) mass is 262 g/mol. The van der Waals surface area contributed by atoms with Gasteiger partial charge < -0.3 is 9.42 Å². The Bertz CT molecular complexity index is 554. The maximum Gasteiger partial charge on any atom is 0.231 e. The minimum Gasteiger partial charge on any atom is -0.339 e. The first kappa shape index (κ1) is 12.2. The summed E-state index contributed by atoms with van der Waals surface area (Å²) in [5, 5.41) is 3.93. The predicted octanol–water partition coefficient (Wildman–Crippen LogP) is 2.08. The third-order valence-electron chi connectivity index (χ3n) is 3.37. The Hall–Kier alpha value is -1.82. The zero-order valence-corrected chi connectivity index (χ0v) is 10.7. The zero-order chi connectivity index (χ0) is 13.2. The van der Waals surface area contributed by atoms with Crippen molar-refractivity contribution in [1.29, 1.82) is 0 Å². The summed E-state index contributed by atoms with van der Waals surface area (Å²) in [4.78, 5) is 10.6. The van der Waals surface area contributed by atoms with Crippen LogP contribution in [-0.2, 0) is 0 Å². The lowest BCUT2D eigenvalue weighted by molar-refractivity contribution is 0.220. The van der Waals surface area contributed by atoms with Gasteiger partial charge in [-0.15, -0.1) is 0 Å². The van der Waals surface area contributed by atoms with Crippen LogP contribution in [0.15, 0.2) is 22.9 Å². The van der Waals surface area contributed by atoms with Gasteiger partial charge in [0, 0.05) is 6.54 Å². The molecule has 100 valence electrons. The normalized spacial score (nSPS) is 20.6. The molecule has 0 aliphatic carbocycles. The smallest absolute Gasteiger partial charge is 0.231 e. The van der Waals surface area contributed by atoms with E-state index in [1.165, 1.54) is 6.07 Å². The van der Waals surface area contributed by atoms with Gasteiger partial charge in [0.25, 0.3) is 0 Å². The molecule has 0 bridgehead atoms. The van der Waals surface area contributed by atoms with Crippen molar-refractivity contribution in [2.75, 3.05) is 20.1 Å². The van der Waals surface area contributed by atoms with E-state index in [1.807, 2.05) is 0 Å². The van der Waals surface area contributed by atoms with E-state index >= 15 is 0 Å². The number of likely N-dealkylation sites (N-methyl/N-ethyl adjacent to an activating group) is 1. The predicted molar refractivity (Wildman–Crippen MR) is 67.0 cm³/mol. The van der Waals surface area contributed by atoms with Gasteiger partial charge in [-0.2, -0.15) is 4.98 Å². The Kier molecular flexibility index (Phi) is 3.25. The van der Waals surface area contributed by atoms with E-state index in [0.717, 1.165) is 32.1 Å². The van der Waals surface area contributed by atoms with Crippen LogP contribution in [0.25, 0.3) is 11.5 Å². The highest BCUT2D eigenvalue weighted by atomic mass is 19.1. The van der Waals surface area contributed by atoms with Crippen molar-refractivity contribution in [2.24, 2.45) is 0 Å². The van der Waals surface area contributed by atoms with Crippen molar-refractivity contribution in [1.82, 2.24) is 20.0 Å². The van der Waals surface area contributed by atoms with E-state index in [0.29, 0.717) is 17.4 Å². The molecule has 3 rings (SSSR count). The fourth-order valence-electron chi connectivity index (χ4n) is 2.38. The molecule has 19 heavy (non-hydrogen) atoms. The zero-order valence-electron chi connectivity index (χ0n) is 10.7. The van der Waals surface area contributed by atoms with Crippen LogP contribution in [0.3, 0.4) is 0 Å². The third-order valence-corrected chi connectivity index (χ3v) is 3.37. The van der Waals surface area contributed by atoms with E-state index in [4.69, 9.17) is 4.52 Å². The van der Waals surface area contributed by atoms with Crippen molar-refractivity contribution in [3.8, 4) is 11.5 Å². The summed E-state index contributed by atoms with van der Waals surface area (Å²) in [6, 6.07) is 2.89. The Morgan fingerprint density at radius 2 is 2.32 bits per heavy atom. The molecule has 2 aromatic heterocycles. The van der Waals surface area contributed by atoms with Gasteiger partial charge in [0.15, 0.2) is 0 Å². The average Bonchev–Trinajstić information content (AvgIpc) is 2.89. The van der Waals surface area contributed by atoms with Gasteiger partial charge in [-0.05, 0) is 38.6 Å². The number of hydrogen-bond donors (Lipinski definition) is 0. The first-order chi connectivity index (χ1) is 9.22. The van der Waals surface area contributed by atoms with Crippen LogP contribution in [-0.4, -0.2) is 40.2 Å². The molecule has 1 fully saturated rings. The lowest BCUT2D eigenvalue weighted by Gasteiger charge is -2.27. The molecular formula is C13H15FN4O. The van der Waals surface area contributed by atoms with Crippen LogP contribution < -0.4 is 0 Å². The van der Waals surface area contributed by atoms with Crippen molar-refractivity contribution >= 4 is 0 Å². The van der Waals surface area contributed by atoms with E-state index in [9.17, 15) is 4.39 Å². The Morgan fingerprint density at radius 3 is 3.05 bits per heavy atom. The van der Waals surface area contributed by atoms with Crippen LogP contribution in [0.5, 0.6) is 0 Å². The van der Waals surface area contributed by atoms with E-state index < -0.39 is 0 Å². The molecule has 3 heterocycles. The molecule has 1 saturated heterocycles. The maximum absolute atomic E-state index is 12.8. The SMILES string of the molecule is CN1CCC[C@H](c2nc(-c3ccc(F)cn3)no2)C1. The summed E-state index contributed by atoms with van der Waals surface area (Å²) in [7, 11) is 2.09. The Balaban J connectivity index is 1.81. The fraction of sp³-hybridized carbons (Fsp3) is 0.462. The highest BCUT2D eigenvalue weighted by molar-refractivity contribution is 5.47. The van der Waals surface area contributed by atoms with Gasteiger partial charge in [0.1, 0.15) is 11.5 Å². The van der Waals surface area contributed by atoms with Crippen LogP contribution in [0.2, 0.25) is 0 Å². The average molecular weight is 262 g/mol. The minimum atomic E-state index is -0.374. The summed E-state index contributed by atoms with van der Waals surface area (Å²) < 4.78 is 18.1. The van der Waals surface area contributed by atoms with Gasteiger partial charge in [-0.1, -0.05) is 5.16 Å². The molecule has 1 atom stereocenters. The molecule has 1 aliphatic rings. The molecule has 5 nitrogen and oxygen atoms in total. The van der Waals surface area contributed by atoms with Gasteiger partial charge in [-0.3, -0.25) is 0 Å². The number of aromatic nitrogens is 3. The number of pyridine rings is 1. The lowest BCUT2D eigenvalue weighted by Crippen LogP contribution is -2.30. The second kappa shape index (κ2) is 5.05. The third kappa shape index (κ3) is 2.63. The second-order valence-electron chi connectivity index (χ2n) is 4.92. The van der Waals surface area contributed by atoms with Crippen LogP contribution in [0.4, 0.5) is 4.39 Å². The quantitative estimate of drug-likeness (QED) is 0.829. The number of likely N-dealkylation sites (tertiary alicyclic amines) is 1. The van der Waals surface area contributed by atoms with Crippen molar-refractivity contribution < 1.29 is 8.91 Å². The summed E-state index contributed by atoms with van der Waals surface area (Å²) in [5.41, 5.74) is 0.528. The summed E-state index contributed by atoms with van der Waals surface area (Å²) in [6.07, 6.45) is 3.34. The largest absolute Gasteiger partial charge is 0.339 e. The molecule has 2 aromatic rings. The molecule has 0 saturated carbocycles. The van der Waals surface area contributed by atoms with Gasteiger partial charge in [0.2, 0.25) is 11.7 Å². The van der Waals surface area contributed by atoms with Gasteiger partial charge in [0.05, 0.1) is 12.1 Å². The number of piperidine rings is 1. The summed E-state index contributed by atoms with van der Waals surface area (Å²) in [6.45, 7) is 2.04. The summed E-state index contributed by atoms with van der Waals surface area (Å²) in [5.74, 6) is 0.970. The van der Waals surface area contributed by atoms with E-state index in [-0.39, 0.29) is 11.7 Å². The second-order valence-corrected chi connectivity index (χ2v) is 4.92. The van der Waals surface area contributed by atoms with Crippen LogP contribution in [0.1, 0.15) is 24.7 Å².